The third-order valence-corrected chi connectivity index (χ3v) is 5.29. The molecular formula is C19H26O3S2. The highest BCUT2D eigenvalue weighted by atomic mass is 32.2. The van der Waals surface area contributed by atoms with Crippen LogP contribution in [0.5, 0.6) is 0 Å². The molecule has 0 aliphatic carbocycles. The van der Waals surface area contributed by atoms with Crippen molar-refractivity contribution in [1.82, 2.24) is 0 Å². The van der Waals surface area contributed by atoms with E-state index in [1.165, 1.54) is 48.5 Å². The number of hydrogen-bond donors (Lipinski definition) is 1. The first-order valence-corrected chi connectivity index (χ1v) is 10.6. The Kier molecular flexibility index (Phi) is 9.76. The molecule has 0 heterocycles. The van der Waals surface area contributed by atoms with Gasteiger partial charge in [-0.25, -0.2) is 0 Å². The molecule has 24 heavy (non-hydrogen) atoms. The molecule has 0 bridgehead atoms. The second-order valence-electron chi connectivity index (χ2n) is 5.51. The van der Waals surface area contributed by atoms with Crippen molar-refractivity contribution >= 4 is 21.9 Å². The van der Waals surface area contributed by atoms with E-state index in [0.717, 1.165) is 5.56 Å². The van der Waals surface area contributed by atoms with Crippen molar-refractivity contribution in [3.63, 3.8) is 0 Å². The van der Waals surface area contributed by atoms with E-state index >= 15 is 0 Å². The van der Waals surface area contributed by atoms with Crippen molar-refractivity contribution in [2.75, 3.05) is 5.75 Å². The summed E-state index contributed by atoms with van der Waals surface area (Å²) in [5, 5.41) is 0. The van der Waals surface area contributed by atoms with Gasteiger partial charge < -0.3 is 0 Å². The van der Waals surface area contributed by atoms with Gasteiger partial charge >= 0.3 is 0 Å². The van der Waals surface area contributed by atoms with E-state index in [1.54, 1.807) is 12.1 Å². The van der Waals surface area contributed by atoms with Gasteiger partial charge in [-0.05, 0) is 43.4 Å². The Morgan fingerprint density at radius 1 is 0.917 bits per heavy atom. The van der Waals surface area contributed by atoms with Crippen LogP contribution in [-0.4, -0.2) is 18.7 Å². The fraction of sp³-hybridized carbons (Fsp3) is 0.368. The highest BCUT2D eigenvalue weighted by Gasteiger charge is 2.06. The zero-order valence-corrected chi connectivity index (χ0v) is 15.9. The maximum Gasteiger partial charge on any atom is 0.294 e. The van der Waals surface area contributed by atoms with E-state index < -0.39 is 10.1 Å². The lowest BCUT2D eigenvalue weighted by Gasteiger charge is -2.00. The maximum absolute atomic E-state index is 10.5. The average molecular weight is 367 g/mol. The Labute approximate surface area is 150 Å². The first-order chi connectivity index (χ1) is 11.4. The van der Waals surface area contributed by atoms with Crippen LogP contribution in [0.3, 0.4) is 0 Å². The summed E-state index contributed by atoms with van der Waals surface area (Å²) >= 11 is 1.97. The molecule has 5 heteroatoms. The second kappa shape index (κ2) is 11.3. The highest BCUT2D eigenvalue weighted by molar-refractivity contribution is 7.99. The number of unbranched alkanes of at least 4 members (excludes halogenated alkanes) is 3. The largest absolute Gasteiger partial charge is 0.294 e. The molecule has 0 atom stereocenters. The number of hydrogen-bond acceptors (Lipinski definition) is 3. The van der Waals surface area contributed by atoms with Crippen LogP contribution in [0.1, 0.15) is 38.2 Å². The Bertz CT molecular complexity index is 666. The Hall–Kier alpha value is -1.30. The first-order valence-electron chi connectivity index (χ1n) is 8.15. The lowest BCUT2D eigenvalue weighted by molar-refractivity contribution is 0.483. The van der Waals surface area contributed by atoms with E-state index in [0.29, 0.717) is 0 Å². The molecular weight excluding hydrogens is 340 g/mol. The van der Waals surface area contributed by atoms with Gasteiger partial charge in [0.15, 0.2) is 0 Å². The normalized spacial score (nSPS) is 10.8. The minimum Gasteiger partial charge on any atom is -0.282 e. The summed E-state index contributed by atoms with van der Waals surface area (Å²) in [4.78, 5) is 1.34. The highest BCUT2D eigenvalue weighted by Crippen LogP contribution is 2.18. The van der Waals surface area contributed by atoms with Crippen LogP contribution < -0.4 is 0 Å². The molecule has 2 rings (SSSR count). The van der Waals surface area contributed by atoms with E-state index in [4.69, 9.17) is 4.55 Å². The predicted octanol–water partition coefficient (Wildman–Crippen LogP) is 5.60. The van der Waals surface area contributed by atoms with Crippen molar-refractivity contribution < 1.29 is 13.0 Å². The molecule has 2 aromatic carbocycles. The van der Waals surface area contributed by atoms with E-state index in [1.807, 2.05) is 18.7 Å². The van der Waals surface area contributed by atoms with Gasteiger partial charge in [0.05, 0.1) is 4.90 Å². The van der Waals surface area contributed by atoms with Crippen molar-refractivity contribution in [3.05, 3.63) is 60.2 Å². The summed E-state index contributed by atoms with van der Waals surface area (Å²) in [6.45, 7) is 4.10. The Balaban J connectivity index is 0.000000243. The van der Waals surface area contributed by atoms with Gasteiger partial charge in [0.1, 0.15) is 0 Å². The minimum atomic E-state index is -4.02. The van der Waals surface area contributed by atoms with Gasteiger partial charge in [-0.2, -0.15) is 8.42 Å². The molecule has 132 valence electrons. The molecule has 0 unspecified atom stereocenters. The van der Waals surface area contributed by atoms with Gasteiger partial charge in [0.2, 0.25) is 0 Å². The summed E-state index contributed by atoms with van der Waals surface area (Å²) in [5.74, 6) is 1.27. The van der Waals surface area contributed by atoms with Crippen LogP contribution in [-0.2, 0) is 10.1 Å². The predicted molar refractivity (Wildman–Crippen MR) is 102 cm³/mol. The topological polar surface area (TPSA) is 54.4 Å². The van der Waals surface area contributed by atoms with Gasteiger partial charge in [-0.3, -0.25) is 4.55 Å². The van der Waals surface area contributed by atoms with Gasteiger partial charge in [0.25, 0.3) is 10.1 Å². The van der Waals surface area contributed by atoms with Crippen molar-refractivity contribution in [2.45, 2.75) is 49.3 Å². The standard InChI is InChI=1S/C12H18S.C7H8O3S/c1-2-3-4-8-11-13-12-9-6-5-7-10-12;1-6-2-4-7(5-3-6)11(8,9)10/h5-7,9-10H,2-4,8,11H2,1H3;2-5H,1H3,(H,8,9,10). The van der Waals surface area contributed by atoms with E-state index in [-0.39, 0.29) is 4.90 Å². The SMILES string of the molecule is CCCCCCSc1ccccc1.Cc1ccc(S(=O)(=O)O)cc1. The molecule has 0 radical (unpaired) electrons. The number of aryl methyl sites for hydroxylation is 1. The molecule has 2 aromatic rings. The Morgan fingerprint density at radius 2 is 1.54 bits per heavy atom. The lowest BCUT2D eigenvalue weighted by atomic mass is 10.2. The zero-order valence-electron chi connectivity index (χ0n) is 14.3. The molecule has 0 fully saturated rings. The zero-order chi connectivity index (χ0) is 17.8. The van der Waals surface area contributed by atoms with Crippen LogP contribution in [0.25, 0.3) is 0 Å². The van der Waals surface area contributed by atoms with Crippen LogP contribution in [0.4, 0.5) is 0 Å². The van der Waals surface area contributed by atoms with Crippen LogP contribution >= 0.6 is 11.8 Å². The molecule has 0 saturated carbocycles. The second-order valence-corrected chi connectivity index (χ2v) is 8.10. The molecule has 0 spiro atoms. The summed E-state index contributed by atoms with van der Waals surface area (Å²) in [5.41, 5.74) is 0.956. The fourth-order valence-electron chi connectivity index (χ4n) is 1.95. The van der Waals surface area contributed by atoms with Crippen LogP contribution in [0.2, 0.25) is 0 Å². The van der Waals surface area contributed by atoms with Gasteiger partial charge in [-0.1, -0.05) is 62.1 Å². The van der Waals surface area contributed by atoms with Crippen LogP contribution in [0, 0.1) is 6.92 Å². The van der Waals surface area contributed by atoms with Gasteiger partial charge in [0, 0.05) is 4.90 Å². The summed E-state index contributed by atoms with van der Waals surface area (Å²) in [7, 11) is -4.02. The quantitative estimate of drug-likeness (QED) is 0.394. The summed E-state index contributed by atoms with van der Waals surface area (Å²) in [6, 6.07) is 16.6. The molecule has 0 saturated heterocycles. The average Bonchev–Trinajstić information content (AvgIpc) is 2.56. The third-order valence-electron chi connectivity index (χ3n) is 3.33. The van der Waals surface area contributed by atoms with Crippen LogP contribution in [0.15, 0.2) is 64.4 Å². The number of thioether (sulfide) groups is 1. The monoisotopic (exact) mass is 366 g/mol. The summed E-state index contributed by atoms with van der Waals surface area (Å²) in [6.07, 6.45) is 5.45. The number of benzene rings is 2. The smallest absolute Gasteiger partial charge is 0.282 e. The Morgan fingerprint density at radius 3 is 2.08 bits per heavy atom. The van der Waals surface area contributed by atoms with Crippen molar-refractivity contribution in [1.29, 1.82) is 0 Å². The maximum atomic E-state index is 10.5. The summed E-state index contributed by atoms with van der Waals surface area (Å²) < 4.78 is 29.6. The molecule has 0 aliphatic rings. The molecule has 1 N–H and O–H groups in total. The first kappa shape index (κ1) is 20.7. The fourth-order valence-corrected chi connectivity index (χ4v) is 3.36. The number of rotatable bonds is 7. The van der Waals surface area contributed by atoms with Crippen molar-refractivity contribution in [3.8, 4) is 0 Å². The molecule has 0 aromatic heterocycles. The van der Waals surface area contributed by atoms with Crippen molar-refractivity contribution in [2.24, 2.45) is 0 Å². The third kappa shape index (κ3) is 9.11. The molecule has 0 amide bonds. The minimum absolute atomic E-state index is 0.0666. The van der Waals surface area contributed by atoms with E-state index in [9.17, 15) is 8.42 Å². The van der Waals surface area contributed by atoms with E-state index in [2.05, 4.69) is 37.3 Å². The molecule has 3 nitrogen and oxygen atoms in total. The van der Waals surface area contributed by atoms with Gasteiger partial charge in [-0.15, -0.1) is 11.8 Å². The lowest BCUT2D eigenvalue weighted by Crippen LogP contribution is -1.96. The molecule has 0 aliphatic heterocycles.